The average Bonchev–Trinajstić information content (AvgIpc) is 3.01. The van der Waals surface area contributed by atoms with Crippen molar-refractivity contribution in [1.29, 1.82) is 0 Å². The number of anilines is 1. The summed E-state index contributed by atoms with van der Waals surface area (Å²) in [5.41, 5.74) is 1.40. The molecule has 1 aliphatic heterocycles. The summed E-state index contributed by atoms with van der Waals surface area (Å²) in [6.07, 6.45) is 10.9. The van der Waals surface area contributed by atoms with E-state index in [0.29, 0.717) is 10.6 Å². The van der Waals surface area contributed by atoms with Crippen LogP contribution in [-0.4, -0.2) is 45.2 Å². The monoisotopic (exact) mass is 332 g/mol. The molecule has 23 heavy (non-hydrogen) atoms. The van der Waals surface area contributed by atoms with Gasteiger partial charge in [-0.05, 0) is 0 Å². The highest BCUT2D eigenvalue weighted by molar-refractivity contribution is 8.04. The van der Waals surface area contributed by atoms with Gasteiger partial charge in [0.1, 0.15) is 11.8 Å². The number of nitrogens with one attached hydrogen (secondary N) is 2. The molecule has 3 heterocycles. The third-order valence-corrected chi connectivity index (χ3v) is 4.78. The first-order valence-corrected chi connectivity index (χ1v) is 8.75. The quantitative estimate of drug-likeness (QED) is 0.875. The zero-order valence-corrected chi connectivity index (χ0v) is 13.9. The number of fused-ring (bicyclic) bond motifs is 1. The van der Waals surface area contributed by atoms with Crippen LogP contribution in [0.1, 0.15) is 25.7 Å². The molecule has 122 valence electrons. The predicted molar refractivity (Wildman–Crippen MR) is 92.1 cm³/mol. The van der Waals surface area contributed by atoms with Crippen LogP contribution in [0.5, 0.6) is 0 Å². The van der Waals surface area contributed by atoms with Crippen molar-refractivity contribution in [1.82, 2.24) is 25.3 Å². The van der Waals surface area contributed by atoms with E-state index in [0.717, 1.165) is 23.6 Å². The Bertz CT molecular complexity index is 705. The fourth-order valence-corrected chi connectivity index (χ4v) is 3.07. The topological polar surface area (TPSA) is 86.8 Å². The molecule has 4 rings (SSSR count). The maximum atomic E-state index is 11.7. The van der Waals surface area contributed by atoms with Crippen LogP contribution < -0.4 is 10.2 Å². The van der Waals surface area contributed by atoms with Crippen molar-refractivity contribution in [3.8, 4) is 0 Å². The highest BCUT2D eigenvalue weighted by Gasteiger charge is 2.20. The Hall–Kier alpha value is -2.09. The summed E-state index contributed by atoms with van der Waals surface area (Å²) in [5.74, 6) is 1.49. The van der Waals surface area contributed by atoms with Crippen LogP contribution in [0.15, 0.2) is 23.8 Å². The van der Waals surface area contributed by atoms with Gasteiger partial charge in [-0.3, -0.25) is 4.79 Å². The number of amides is 1. The van der Waals surface area contributed by atoms with Gasteiger partial charge in [-0.1, -0.05) is 25.7 Å². The lowest BCUT2D eigenvalue weighted by Crippen LogP contribution is -2.29. The number of rotatable bonds is 2. The Labute approximate surface area is 139 Å². The van der Waals surface area contributed by atoms with Gasteiger partial charge >= 0.3 is 0 Å². The van der Waals surface area contributed by atoms with Crippen molar-refractivity contribution in [2.24, 2.45) is 0 Å². The Morgan fingerprint density at radius 3 is 2.74 bits per heavy atom. The SMILES string of the molecule is C1CCC1.CNC(=O)C1=CN(c2ncnc3nc[nH]c23)CCS1. The number of hydrogen-bond acceptors (Lipinski definition) is 6. The number of aromatic amines is 1. The van der Waals surface area contributed by atoms with Crippen LogP contribution in [0.4, 0.5) is 5.82 Å². The van der Waals surface area contributed by atoms with Crippen molar-refractivity contribution in [3.63, 3.8) is 0 Å². The van der Waals surface area contributed by atoms with Crippen molar-refractivity contribution >= 4 is 34.7 Å². The number of H-pyrrole nitrogens is 1. The molecule has 0 unspecified atom stereocenters. The molecule has 0 bridgehead atoms. The van der Waals surface area contributed by atoms with E-state index < -0.39 is 0 Å². The molecule has 7 nitrogen and oxygen atoms in total. The summed E-state index contributed by atoms with van der Waals surface area (Å²) in [7, 11) is 1.63. The normalized spacial score (nSPS) is 16.9. The fourth-order valence-electron chi connectivity index (χ4n) is 2.13. The first kappa shape index (κ1) is 15.8. The largest absolute Gasteiger partial charge is 0.355 e. The predicted octanol–water partition coefficient (Wildman–Crippen LogP) is 2.05. The number of likely N-dealkylation sites (N-methyl/N-ethyl adjacent to an activating group) is 1. The van der Waals surface area contributed by atoms with E-state index in [-0.39, 0.29) is 5.91 Å². The van der Waals surface area contributed by atoms with Crippen molar-refractivity contribution in [2.45, 2.75) is 25.7 Å². The zero-order valence-electron chi connectivity index (χ0n) is 13.1. The van der Waals surface area contributed by atoms with Gasteiger partial charge in [-0.2, -0.15) is 0 Å². The highest BCUT2D eigenvalue weighted by atomic mass is 32.2. The highest BCUT2D eigenvalue weighted by Crippen LogP contribution is 2.27. The molecule has 1 amide bonds. The van der Waals surface area contributed by atoms with Crippen molar-refractivity contribution in [3.05, 3.63) is 23.8 Å². The number of carbonyl (C=O) groups is 1. The lowest BCUT2D eigenvalue weighted by atomic mass is 10.0. The molecule has 2 aliphatic rings. The molecule has 0 aromatic carbocycles. The van der Waals surface area contributed by atoms with E-state index in [1.165, 1.54) is 43.8 Å². The Morgan fingerprint density at radius 2 is 2.04 bits per heavy atom. The molecule has 2 aromatic rings. The molecule has 1 fully saturated rings. The van der Waals surface area contributed by atoms with Gasteiger partial charge in [-0.15, -0.1) is 11.8 Å². The maximum Gasteiger partial charge on any atom is 0.258 e. The second-order valence-corrected chi connectivity index (χ2v) is 6.46. The third-order valence-electron chi connectivity index (χ3n) is 3.79. The number of thioether (sulfide) groups is 1. The smallest absolute Gasteiger partial charge is 0.258 e. The van der Waals surface area contributed by atoms with Gasteiger partial charge < -0.3 is 15.2 Å². The van der Waals surface area contributed by atoms with Gasteiger partial charge in [0.25, 0.3) is 5.91 Å². The van der Waals surface area contributed by atoms with Crippen LogP contribution in [0, 0.1) is 0 Å². The minimum Gasteiger partial charge on any atom is -0.355 e. The number of nitrogens with zero attached hydrogens (tertiary/aromatic N) is 4. The standard InChI is InChI=1S/C11H12N6OS.C4H8/c1-12-11(18)7-4-17(2-3-19-7)10-8-9(14-5-13-8)15-6-16-10;1-2-4-3-1/h4-6H,2-3H2,1H3,(H,12,18)(H,13,14,15,16);1-4H2. The Morgan fingerprint density at radius 1 is 1.26 bits per heavy atom. The minimum atomic E-state index is -0.0791. The second kappa shape index (κ2) is 7.45. The number of carbonyl (C=O) groups excluding carboxylic acids is 1. The molecule has 2 N–H and O–H groups in total. The molecule has 0 radical (unpaired) electrons. The van der Waals surface area contributed by atoms with Gasteiger partial charge in [0, 0.05) is 25.5 Å². The Kier molecular flexibility index (Phi) is 5.12. The summed E-state index contributed by atoms with van der Waals surface area (Å²) in [5, 5.41) is 2.63. The van der Waals surface area contributed by atoms with Gasteiger partial charge in [-0.25, -0.2) is 15.0 Å². The van der Waals surface area contributed by atoms with Gasteiger partial charge in [0.2, 0.25) is 0 Å². The summed E-state index contributed by atoms with van der Waals surface area (Å²) in [4.78, 5) is 29.8. The minimum absolute atomic E-state index is 0.0791. The molecule has 1 saturated carbocycles. The third kappa shape index (κ3) is 3.64. The van der Waals surface area contributed by atoms with Crippen LogP contribution >= 0.6 is 11.8 Å². The molecule has 8 heteroatoms. The van der Waals surface area contributed by atoms with Crippen LogP contribution in [0.3, 0.4) is 0 Å². The number of imidazole rings is 1. The summed E-state index contributed by atoms with van der Waals surface area (Å²) in [6.45, 7) is 0.788. The molecule has 0 saturated heterocycles. The molecular formula is C15H20N6OS. The average molecular weight is 332 g/mol. The van der Waals surface area contributed by atoms with Gasteiger partial charge in [0.05, 0.1) is 11.2 Å². The van der Waals surface area contributed by atoms with E-state index in [2.05, 4.69) is 25.3 Å². The zero-order chi connectivity index (χ0) is 16.1. The molecule has 2 aromatic heterocycles. The van der Waals surface area contributed by atoms with E-state index in [9.17, 15) is 4.79 Å². The van der Waals surface area contributed by atoms with E-state index >= 15 is 0 Å². The summed E-state index contributed by atoms with van der Waals surface area (Å²) >= 11 is 1.54. The summed E-state index contributed by atoms with van der Waals surface area (Å²) < 4.78 is 0. The Balaban J connectivity index is 0.000000341. The first-order valence-electron chi connectivity index (χ1n) is 7.77. The lowest BCUT2D eigenvalue weighted by Gasteiger charge is -2.24. The lowest BCUT2D eigenvalue weighted by molar-refractivity contribution is -0.116. The van der Waals surface area contributed by atoms with Crippen LogP contribution in [0.25, 0.3) is 11.2 Å². The van der Waals surface area contributed by atoms with Crippen LogP contribution in [-0.2, 0) is 4.79 Å². The van der Waals surface area contributed by atoms with Crippen molar-refractivity contribution in [2.75, 3.05) is 24.2 Å². The van der Waals surface area contributed by atoms with E-state index in [4.69, 9.17) is 0 Å². The number of aromatic nitrogens is 4. The molecule has 0 spiro atoms. The molecular weight excluding hydrogens is 312 g/mol. The first-order chi connectivity index (χ1) is 11.3. The molecule has 0 atom stereocenters. The number of hydrogen-bond donors (Lipinski definition) is 2. The fraction of sp³-hybridized carbons (Fsp3) is 0.467. The second-order valence-electron chi connectivity index (χ2n) is 5.33. The van der Waals surface area contributed by atoms with Crippen LogP contribution in [0.2, 0.25) is 0 Å². The van der Waals surface area contributed by atoms with E-state index in [1.54, 1.807) is 13.4 Å². The maximum absolute atomic E-state index is 11.7. The molecule has 1 aliphatic carbocycles. The summed E-state index contributed by atoms with van der Waals surface area (Å²) in [6, 6.07) is 0. The van der Waals surface area contributed by atoms with Crippen molar-refractivity contribution < 1.29 is 4.79 Å². The van der Waals surface area contributed by atoms with Gasteiger partial charge in [0.15, 0.2) is 11.5 Å². The van der Waals surface area contributed by atoms with E-state index in [1.807, 2.05) is 11.1 Å².